The van der Waals surface area contributed by atoms with Gasteiger partial charge in [-0.2, -0.15) is 5.10 Å². The molecule has 2 heterocycles. The minimum absolute atomic E-state index is 0.0127. The first kappa shape index (κ1) is 13.9. The van der Waals surface area contributed by atoms with Crippen LogP contribution in [0.1, 0.15) is 49.3 Å². The summed E-state index contributed by atoms with van der Waals surface area (Å²) >= 11 is 0. The fourth-order valence-electron chi connectivity index (χ4n) is 2.68. The van der Waals surface area contributed by atoms with Crippen LogP contribution in [0.5, 0.6) is 0 Å². The topological polar surface area (TPSA) is 64.2 Å². The number of carbonyl (C=O) groups is 1. The highest BCUT2D eigenvalue weighted by Crippen LogP contribution is 2.34. The first-order chi connectivity index (χ1) is 8.88. The molecule has 1 saturated heterocycles. The molecule has 0 unspecified atom stereocenters. The van der Waals surface area contributed by atoms with Crippen LogP contribution in [-0.2, 0) is 7.05 Å². The van der Waals surface area contributed by atoms with E-state index < -0.39 is 0 Å². The van der Waals surface area contributed by atoms with Gasteiger partial charge in [0.25, 0.3) is 5.91 Å². The summed E-state index contributed by atoms with van der Waals surface area (Å²) in [5.41, 5.74) is 8.10. The van der Waals surface area contributed by atoms with Crippen LogP contribution in [0.4, 0.5) is 5.69 Å². The van der Waals surface area contributed by atoms with Crippen LogP contribution in [-0.4, -0.2) is 33.7 Å². The van der Waals surface area contributed by atoms with Crippen molar-refractivity contribution < 1.29 is 4.79 Å². The maximum absolute atomic E-state index is 12.5. The summed E-state index contributed by atoms with van der Waals surface area (Å²) < 4.78 is 1.60. The molecule has 106 valence electrons. The Morgan fingerprint density at radius 1 is 1.42 bits per heavy atom. The SMILES string of the molecule is CCC1(C)CCN(C(=O)c2c(N)c(C)nn2C)CC1. The fraction of sp³-hybridized carbons (Fsp3) is 0.714. The van der Waals surface area contributed by atoms with Gasteiger partial charge in [-0.3, -0.25) is 9.48 Å². The third-order valence-electron chi connectivity index (χ3n) is 4.58. The highest BCUT2D eigenvalue weighted by atomic mass is 16.2. The van der Waals surface area contributed by atoms with Crippen LogP contribution < -0.4 is 5.73 Å². The molecule has 19 heavy (non-hydrogen) atoms. The summed E-state index contributed by atoms with van der Waals surface area (Å²) in [4.78, 5) is 14.4. The normalized spacial score (nSPS) is 18.6. The smallest absolute Gasteiger partial charge is 0.274 e. The van der Waals surface area contributed by atoms with E-state index >= 15 is 0 Å². The molecule has 1 fully saturated rings. The molecule has 2 N–H and O–H groups in total. The Morgan fingerprint density at radius 2 is 2.00 bits per heavy atom. The van der Waals surface area contributed by atoms with Gasteiger partial charge in [0.2, 0.25) is 0 Å². The summed E-state index contributed by atoms with van der Waals surface area (Å²) in [6, 6.07) is 0. The summed E-state index contributed by atoms with van der Waals surface area (Å²) in [5.74, 6) is 0.0127. The predicted molar refractivity (Wildman–Crippen MR) is 75.9 cm³/mol. The van der Waals surface area contributed by atoms with Gasteiger partial charge < -0.3 is 10.6 Å². The highest BCUT2D eigenvalue weighted by molar-refractivity contribution is 5.98. The van der Waals surface area contributed by atoms with Gasteiger partial charge in [-0.15, -0.1) is 0 Å². The highest BCUT2D eigenvalue weighted by Gasteiger charge is 2.32. The van der Waals surface area contributed by atoms with E-state index in [1.807, 2.05) is 11.8 Å². The molecule has 0 spiro atoms. The van der Waals surface area contributed by atoms with Crippen LogP contribution in [0.2, 0.25) is 0 Å². The van der Waals surface area contributed by atoms with Crippen molar-refractivity contribution in [3.63, 3.8) is 0 Å². The van der Waals surface area contributed by atoms with Crippen LogP contribution >= 0.6 is 0 Å². The molecule has 0 aliphatic carbocycles. The van der Waals surface area contributed by atoms with Crippen molar-refractivity contribution in [3.8, 4) is 0 Å². The largest absolute Gasteiger partial charge is 0.395 e. The van der Waals surface area contributed by atoms with Gasteiger partial charge in [0.05, 0.1) is 11.4 Å². The van der Waals surface area contributed by atoms with Gasteiger partial charge in [-0.1, -0.05) is 20.3 Å². The Labute approximate surface area is 114 Å². The Kier molecular flexibility index (Phi) is 3.56. The molecular formula is C14H24N4O. The van der Waals surface area contributed by atoms with Crippen molar-refractivity contribution in [1.82, 2.24) is 14.7 Å². The molecule has 0 atom stereocenters. The number of nitrogens with zero attached hydrogens (tertiary/aromatic N) is 3. The van der Waals surface area contributed by atoms with Crippen molar-refractivity contribution in [2.24, 2.45) is 12.5 Å². The maximum atomic E-state index is 12.5. The van der Waals surface area contributed by atoms with Crippen molar-refractivity contribution in [3.05, 3.63) is 11.4 Å². The van der Waals surface area contributed by atoms with Gasteiger partial charge >= 0.3 is 0 Å². The van der Waals surface area contributed by atoms with E-state index in [0.29, 0.717) is 16.8 Å². The molecule has 5 heteroatoms. The quantitative estimate of drug-likeness (QED) is 0.888. The van der Waals surface area contributed by atoms with E-state index in [2.05, 4.69) is 18.9 Å². The van der Waals surface area contributed by atoms with E-state index in [0.717, 1.165) is 31.6 Å². The molecule has 1 amide bonds. The molecular weight excluding hydrogens is 240 g/mol. The number of hydrogen-bond donors (Lipinski definition) is 1. The lowest BCUT2D eigenvalue weighted by molar-refractivity contribution is 0.0591. The lowest BCUT2D eigenvalue weighted by Crippen LogP contribution is -2.42. The number of rotatable bonds is 2. The van der Waals surface area contributed by atoms with E-state index in [1.165, 1.54) is 6.42 Å². The van der Waals surface area contributed by atoms with Crippen LogP contribution in [0.15, 0.2) is 0 Å². The minimum atomic E-state index is 0.0127. The van der Waals surface area contributed by atoms with Gasteiger partial charge in [-0.05, 0) is 25.2 Å². The third-order valence-corrected chi connectivity index (χ3v) is 4.58. The van der Waals surface area contributed by atoms with Crippen molar-refractivity contribution >= 4 is 11.6 Å². The molecule has 0 aromatic carbocycles. The lowest BCUT2D eigenvalue weighted by atomic mass is 9.78. The van der Waals surface area contributed by atoms with Crippen LogP contribution in [0.3, 0.4) is 0 Å². The number of nitrogens with two attached hydrogens (primary N) is 1. The number of nitrogen functional groups attached to an aromatic ring is 1. The van der Waals surface area contributed by atoms with Crippen molar-refractivity contribution in [1.29, 1.82) is 0 Å². The zero-order valence-corrected chi connectivity index (χ0v) is 12.4. The molecule has 0 saturated carbocycles. The maximum Gasteiger partial charge on any atom is 0.274 e. The van der Waals surface area contributed by atoms with E-state index in [1.54, 1.807) is 11.7 Å². The Morgan fingerprint density at radius 3 is 2.42 bits per heavy atom. The Hall–Kier alpha value is -1.52. The Bertz CT molecular complexity index is 484. The number of anilines is 1. The number of amides is 1. The van der Waals surface area contributed by atoms with Gasteiger partial charge in [0.15, 0.2) is 0 Å². The minimum Gasteiger partial charge on any atom is -0.395 e. The second-order valence-electron chi connectivity index (χ2n) is 5.93. The Balaban J connectivity index is 2.14. The zero-order valence-electron chi connectivity index (χ0n) is 12.4. The third kappa shape index (κ3) is 2.46. The summed E-state index contributed by atoms with van der Waals surface area (Å²) in [7, 11) is 1.77. The average molecular weight is 264 g/mol. The summed E-state index contributed by atoms with van der Waals surface area (Å²) in [6.07, 6.45) is 3.29. The van der Waals surface area contributed by atoms with Gasteiger partial charge in [0, 0.05) is 20.1 Å². The van der Waals surface area contributed by atoms with E-state index in [4.69, 9.17) is 5.73 Å². The first-order valence-electron chi connectivity index (χ1n) is 6.96. The second kappa shape index (κ2) is 4.87. The number of piperidine rings is 1. The standard InChI is InChI=1S/C14H24N4O/c1-5-14(3)6-8-18(9-7-14)13(19)12-11(15)10(2)16-17(12)4/h5-9,15H2,1-4H3. The van der Waals surface area contributed by atoms with Crippen molar-refractivity contribution in [2.75, 3.05) is 18.8 Å². The molecule has 1 aromatic heterocycles. The molecule has 0 bridgehead atoms. The number of likely N-dealkylation sites (tertiary alicyclic amines) is 1. The second-order valence-corrected chi connectivity index (χ2v) is 5.93. The van der Waals surface area contributed by atoms with Crippen molar-refractivity contribution in [2.45, 2.75) is 40.0 Å². The molecule has 1 aliphatic heterocycles. The van der Waals surface area contributed by atoms with Crippen LogP contribution in [0, 0.1) is 12.3 Å². The average Bonchev–Trinajstić information content (AvgIpc) is 2.63. The molecule has 1 aliphatic rings. The molecule has 0 radical (unpaired) electrons. The lowest BCUT2D eigenvalue weighted by Gasteiger charge is -2.38. The van der Waals surface area contributed by atoms with E-state index in [-0.39, 0.29) is 5.91 Å². The molecule has 5 nitrogen and oxygen atoms in total. The molecule has 2 rings (SSSR count). The van der Waals surface area contributed by atoms with Crippen LogP contribution in [0.25, 0.3) is 0 Å². The van der Waals surface area contributed by atoms with Gasteiger partial charge in [0.1, 0.15) is 5.69 Å². The monoisotopic (exact) mass is 264 g/mol. The zero-order chi connectivity index (χ0) is 14.2. The number of hydrogen-bond acceptors (Lipinski definition) is 3. The predicted octanol–water partition coefficient (Wildman–Crippen LogP) is 1.96. The van der Waals surface area contributed by atoms with Gasteiger partial charge in [-0.25, -0.2) is 0 Å². The summed E-state index contributed by atoms with van der Waals surface area (Å²) in [6.45, 7) is 7.98. The number of carbonyl (C=O) groups excluding carboxylic acids is 1. The van der Waals surface area contributed by atoms with E-state index in [9.17, 15) is 4.79 Å². The fourth-order valence-corrected chi connectivity index (χ4v) is 2.68. The number of aryl methyl sites for hydroxylation is 2. The first-order valence-corrected chi connectivity index (χ1v) is 6.96. The summed E-state index contributed by atoms with van der Waals surface area (Å²) in [5, 5.41) is 4.22. The molecule has 1 aromatic rings. The number of aromatic nitrogens is 2.